The number of Topliss-reactive ketones (excluding diaryl/α,β-unsaturated/α-hetero) is 1. The van der Waals surface area contributed by atoms with Gasteiger partial charge < -0.3 is 15.5 Å². The molecule has 0 aliphatic carbocycles. The summed E-state index contributed by atoms with van der Waals surface area (Å²) < 4.78 is 0. The van der Waals surface area contributed by atoms with Crippen LogP contribution in [0.25, 0.3) is 0 Å². The van der Waals surface area contributed by atoms with Crippen molar-refractivity contribution >= 4 is 23.3 Å². The van der Waals surface area contributed by atoms with E-state index in [4.69, 9.17) is 5.26 Å². The van der Waals surface area contributed by atoms with Crippen LogP contribution >= 0.6 is 0 Å². The molecule has 136 valence electrons. The first-order valence-electron chi connectivity index (χ1n) is 8.55. The summed E-state index contributed by atoms with van der Waals surface area (Å²) in [6, 6.07) is 8.66. The third kappa shape index (κ3) is 5.45. The maximum atomic E-state index is 12.1. The first-order valence-corrected chi connectivity index (χ1v) is 8.55. The minimum Gasteiger partial charge on any atom is -0.360 e. The van der Waals surface area contributed by atoms with E-state index in [1.165, 1.54) is 13.1 Å². The predicted octanol–water partition coefficient (Wildman–Crippen LogP) is 1.84. The van der Waals surface area contributed by atoms with Crippen LogP contribution in [0.2, 0.25) is 0 Å². The largest absolute Gasteiger partial charge is 0.360 e. The highest BCUT2D eigenvalue weighted by atomic mass is 16.2. The van der Waals surface area contributed by atoms with E-state index >= 15 is 0 Å². The molecule has 0 spiro atoms. The number of nitrogens with one attached hydrogen (secondary N) is 2. The summed E-state index contributed by atoms with van der Waals surface area (Å²) >= 11 is 0. The van der Waals surface area contributed by atoms with Gasteiger partial charge in [-0.25, -0.2) is 0 Å². The normalized spacial score (nSPS) is 14.1. The van der Waals surface area contributed by atoms with Crippen molar-refractivity contribution in [3.05, 3.63) is 41.6 Å². The van der Waals surface area contributed by atoms with E-state index in [2.05, 4.69) is 10.6 Å². The van der Waals surface area contributed by atoms with Gasteiger partial charge in [-0.1, -0.05) is 12.1 Å². The number of anilines is 1. The second-order valence-electron chi connectivity index (χ2n) is 6.04. The summed E-state index contributed by atoms with van der Waals surface area (Å²) in [4.78, 5) is 36.7. The lowest BCUT2D eigenvalue weighted by molar-refractivity contribution is -0.127. The van der Waals surface area contributed by atoms with E-state index in [1.54, 1.807) is 29.2 Å². The van der Waals surface area contributed by atoms with Crippen molar-refractivity contribution < 1.29 is 14.4 Å². The van der Waals surface area contributed by atoms with Crippen molar-refractivity contribution in [3.8, 4) is 6.07 Å². The van der Waals surface area contributed by atoms with Crippen molar-refractivity contribution in [1.82, 2.24) is 10.2 Å². The van der Waals surface area contributed by atoms with Crippen LogP contribution in [0.1, 0.15) is 36.5 Å². The Morgan fingerprint density at radius 2 is 2.19 bits per heavy atom. The van der Waals surface area contributed by atoms with Crippen molar-refractivity contribution in [1.29, 1.82) is 5.26 Å². The predicted molar refractivity (Wildman–Crippen MR) is 97.2 cm³/mol. The molecule has 2 rings (SSSR count). The quantitative estimate of drug-likeness (QED) is 0.321. The zero-order valence-corrected chi connectivity index (χ0v) is 14.7. The summed E-state index contributed by atoms with van der Waals surface area (Å²) in [6.45, 7) is 3.25. The molecule has 1 fully saturated rings. The number of hydrogen-bond acceptors (Lipinski definition) is 5. The lowest BCUT2D eigenvalue weighted by atomic mass is 10.1. The van der Waals surface area contributed by atoms with Crippen LogP contribution in [0.5, 0.6) is 0 Å². The molecule has 1 aromatic rings. The van der Waals surface area contributed by atoms with Crippen molar-refractivity contribution in [3.63, 3.8) is 0 Å². The van der Waals surface area contributed by atoms with Gasteiger partial charge >= 0.3 is 0 Å². The van der Waals surface area contributed by atoms with Gasteiger partial charge in [0.2, 0.25) is 5.91 Å². The number of nitriles is 1. The van der Waals surface area contributed by atoms with E-state index in [9.17, 15) is 14.4 Å². The fraction of sp³-hybridized carbons (Fsp3) is 0.368. The molecule has 1 saturated heterocycles. The Hall–Kier alpha value is -3.14. The molecule has 0 saturated carbocycles. The average molecular weight is 354 g/mol. The number of likely N-dealkylation sites (tertiary alicyclic amines) is 1. The Morgan fingerprint density at radius 3 is 2.85 bits per heavy atom. The first kappa shape index (κ1) is 19.2. The van der Waals surface area contributed by atoms with Gasteiger partial charge in [0.25, 0.3) is 5.91 Å². The third-order valence-electron chi connectivity index (χ3n) is 4.08. The van der Waals surface area contributed by atoms with Gasteiger partial charge in [0.1, 0.15) is 11.6 Å². The summed E-state index contributed by atoms with van der Waals surface area (Å²) in [5, 5.41) is 14.7. The van der Waals surface area contributed by atoms with E-state index < -0.39 is 5.91 Å². The van der Waals surface area contributed by atoms with Crippen LogP contribution in [-0.4, -0.2) is 42.1 Å². The molecule has 0 aromatic heterocycles. The Bertz CT molecular complexity index is 764. The van der Waals surface area contributed by atoms with Crippen molar-refractivity contribution in [2.24, 2.45) is 0 Å². The number of carbonyl (C=O) groups excluding carboxylic acids is 3. The van der Waals surface area contributed by atoms with Crippen LogP contribution < -0.4 is 10.6 Å². The Balaban J connectivity index is 1.82. The molecule has 1 aliphatic rings. The van der Waals surface area contributed by atoms with Crippen molar-refractivity contribution in [2.75, 3.05) is 25.0 Å². The molecule has 0 radical (unpaired) electrons. The summed E-state index contributed by atoms with van der Waals surface area (Å²) in [7, 11) is 0. The summed E-state index contributed by atoms with van der Waals surface area (Å²) in [6.07, 6.45) is 3.45. The zero-order chi connectivity index (χ0) is 18.9. The molecule has 0 bridgehead atoms. The molecule has 1 heterocycles. The molecular formula is C19H22N4O3. The number of carbonyl (C=O) groups is 3. The summed E-state index contributed by atoms with van der Waals surface area (Å²) in [5.74, 6) is -0.381. The fourth-order valence-electron chi connectivity index (χ4n) is 2.64. The van der Waals surface area contributed by atoms with Crippen LogP contribution in [0.15, 0.2) is 36.0 Å². The Labute approximate surface area is 152 Å². The third-order valence-corrected chi connectivity index (χ3v) is 4.08. The topological polar surface area (TPSA) is 102 Å². The molecule has 7 heteroatoms. The highest BCUT2D eigenvalue weighted by Crippen LogP contribution is 2.12. The maximum absolute atomic E-state index is 12.1. The van der Waals surface area contributed by atoms with Gasteiger partial charge in [0.05, 0.1) is 0 Å². The Kier molecular flexibility index (Phi) is 6.92. The number of amides is 2. The number of ketones is 1. The number of hydrogen-bond donors (Lipinski definition) is 2. The number of benzene rings is 1. The van der Waals surface area contributed by atoms with E-state index in [-0.39, 0.29) is 17.3 Å². The number of rotatable bonds is 8. The SMILES string of the molecule is CC(=O)c1cccc(N/C=C(/C#N)C(=O)NCCCN2CCCC2=O)c1. The van der Waals surface area contributed by atoms with Gasteiger partial charge in [0, 0.05) is 43.5 Å². The molecular weight excluding hydrogens is 332 g/mol. The lowest BCUT2D eigenvalue weighted by Crippen LogP contribution is -2.31. The van der Waals surface area contributed by atoms with E-state index in [0.717, 1.165) is 13.0 Å². The first-order chi connectivity index (χ1) is 12.5. The second kappa shape index (κ2) is 9.37. The van der Waals surface area contributed by atoms with Gasteiger partial charge in [-0.05, 0) is 31.9 Å². The molecule has 26 heavy (non-hydrogen) atoms. The highest BCUT2D eigenvalue weighted by Gasteiger charge is 2.19. The van der Waals surface area contributed by atoms with Crippen molar-refractivity contribution in [2.45, 2.75) is 26.2 Å². The molecule has 1 aromatic carbocycles. The van der Waals surface area contributed by atoms with E-state index in [0.29, 0.717) is 37.2 Å². The van der Waals surface area contributed by atoms with Gasteiger partial charge in [0.15, 0.2) is 5.78 Å². The standard InChI is InChI=1S/C19H22N4O3/c1-14(24)15-5-2-6-17(11-15)22-13-16(12-20)19(26)21-8-4-10-23-9-3-7-18(23)25/h2,5-6,11,13,22H,3-4,7-10H2,1H3,(H,21,26)/b16-13-. The maximum Gasteiger partial charge on any atom is 0.263 e. The minimum atomic E-state index is -0.476. The number of nitrogens with zero attached hydrogens (tertiary/aromatic N) is 2. The smallest absolute Gasteiger partial charge is 0.263 e. The van der Waals surface area contributed by atoms with Gasteiger partial charge in [-0.2, -0.15) is 5.26 Å². The van der Waals surface area contributed by atoms with Crippen LogP contribution in [-0.2, 0) is 9.59 Å². The zero-order valence-electron chi connectivity index (χ0n) is 14.7. The van der Waals surface area contributed by atoms with Gasteiger partial charge in [-0.3, -0.25) is 14.4 Å². The molecule has 7 nitrogen and oxygen atoms in total. The van der Waals surface area contributed by atoms with Gasteiger partial charge in [-0.15, -0.1) is 0 Å². The van der Waals surface area contributed by atoms with Crippen LogP contribution in [0.3, 0.4) is 0 Å². The van der Waals surface area contributed by atoms with E-state index in [1.807, 2.05) is 6.07 Å². The van der Waals surface area contributed by atoms with Crippen LogP contribution in [0, 0.1) is 11.3 Å². The fourth-order valence-corrected chi connectivity index (χ4v) is 2.64. The molecule has 1 aliphatic heterocycles. The second-order valence-corrected chi connectivity index (χ2v) is 6.04. The average Bonchev–Trinajstić information content (AvgIpc) is 3.04. The Morgan fingerprint density at radius 1 is 1.38 bits per heavy atom. The minimum absolute atomic E-state index is 0.0597. The molecule has 2 amide bonds. The molecule has 2 N–H and O–H groups in total. The molecule has 0 unspecified atom stereocenters. The lowest BCUT2D eigenvalue weighted by Gasteiger charge is -2.15. The highest BCUT2D eigenvalue weighted by molar-refractivity contribution is 5.97. The molecule has 0 atom stereocenters. The monoisotopic (exact) mass is 354 g/mol. The summed E-state index contributed by atoms with van der Waals surface area (Å²) in [5.41, 5.74) is 1.10. The van der Waals surface area contributed by atoms with Crippen LogP contribution in [0.4, 0.5) is 5.69 Å².